The molecule has 0 atom stereocenters. The van der Waals surface area contributed by atoms with E-state index in [1.54, 1.807) is 6.20 Å². The maximum atomic E-state index is 5.86. The van der Waals surface area contributed by atoms with Crippen molar-refractivity contribution < 1.29 is 4.42 Å². The van der Waals surface area contributed by atoms with E-state index in [4.69, 9.17) is 4.42 Å². The van der Waals surface area contributed by atoms with Crippen LogP contribution in [0.3, 0.4) is 0 Å². The first kappa shape index (κ1) is 19.8. The van der Waals surface area contributed by atoms with E-state index in [1.807, 2.05) is 7.05 Å². The normalized spacial score (nSPS) is 15.8. The lowest BCUT2D eigenvalue weighted by molar-refractivity contribution is 0.272. The zero-order chi connectivity index (χ0) is 16.9. The van der Waals surface area contributed by atoms with Gasteiger partial charge in [-0.15, -0.1) is 24.0 Å². The third-order valence-electron chi connectivity index (χ3n) is 4.58. The summed E-state index contributed by atoms with van der Waals surface area (Å²) in [5.41, 5.74) is 2.29. The number of aliphatic imine (C=N–C) groups is 1. The number of aryl methyl sites for hydroxylation is 1. The van der Waals surface area contributed by atoms with Gasteiger partial charge in [-0.2, -0.15) is 0 Å². The number of piperidine rings is 1. The fourth-order valence-corrected chi connectivity index (χ4v) is 2.95. The maximum absolute atomic E-state index is 5.86. The summed E-state index contributed by atoms with van der Waals surface area (Å²) in [4.78, 5) is 11.1. The molecule has 0 saturated carbocycles. The van der Waals surface area contributed by atoms with Crippen LogP contribution in [-0.2, 0) is 6.54 Å². The Hall–Kier alpha value is -1.57. The molecule has 3 rings (SSSR count). The second kappa shape index (κ2) is 9.22. The number of halogens is 1. The van der Waals surface area contributed by atoms with Crippen LogP contribution in [0, 0.1) is 12.8 Å². The molecule has 5 nitrogen and oxygen atoms in total. The standard InChI is InChI=1S/C19H26N4O.HI/c1-14-4-6-16(7-5-14)17-12-21-18(24-17)13-22-19(20-3)23-10-8-15(2)9-11-23;/h4-7,12,15H,8-11,13H2,1-3H3,(H,20,22);1H. The molecule has 1 aliphatic heterocycles. The molecule has 1 saturated heterocycles. The van der Waals surface area contributed by atoms with Crippen LogP contribution in [0.25, 0.3) is 11.3 Å². The summed E-state index contributed by atoms with van der Waals surface area (Å²) < 4.78 is 5.86. The Kier molecular flexibility index (Phi) is 7.28. The van der Waals surface area contributed by atoms with Crippen LogP contribution in [0.4, 0.5) is 0 Å². The predicted octanol–water partition coefficient (Wildman–Crippen LogP) is 4.08. The highest BCUT2D eigenvalue weighted by Gasteiger charge is 2.18. The lowest BCUT2D eigenvalue weighted by atomic mass is 10.00. The fourth-order valence-electron chi connectivity index (χ4n) is 2.95. The van der Waals surface area contributed by atoms with Crippen LogP contribution in [0.15, 0.2) is 39.9 Å². The number of likely N-dealkylation sites (tertiary alicyclic amines) is 1. The molecule has 0 amide bonds. The summed E-state index contributed by atoms with van der Waals surface area (Å²) in [7, 11) is 1.83. The molecule has 1 aromatic carbocycles. The van der Waals surface area contributed by atoms with Gasteiger partial charge in [0.1, 0.15) is 0 Å². The molecule has 1 N–H and O–H groups in total. The minimum atomic E-state index is 0. The summed E-state index contributed by atoms with van der Waals surface area (Å²) in [6, 6.07) is 8.27. The molecule has 25 heavy (non-hydrogen) atoms. The minimum Gasteiger partial charge on any atom is -0.439 e. The van der Waals surface area contributed by atoms with Crippen molar-refractivity contribution in [2.45, 2.75) is 33.2 Å². The van der Waals surface area contributed by atoms with E-state index in [0.29, 0.717) is 12.4 Å². The van der Waals surface area contributed by atoms with E-state index >= 15 is 0 Å². The van der Waals surface area contributed by atoms with Crippen LogP contribution >= 0.6 is 24.0 Å². The van der Waals surface area contributed by atoms with Gasteiger partial charge in [0.2, 0.25) is 5.89 Å². The average Bonchev–Trinajstić information content (AvgIpc) is 3.06. The fraction of sp³-hybridized carbons (Fsp3) is 0.474. The number of hydrogen-bond donors (Lipinski definition) is 1. The summed E-state index contributed by atoms with van der Waals surface area (Å²) >= 11 is 0. The largest absolute Gasteiger partial charge is 0.439 e. The van der Waals surface area contributed by atoms with E-state index in [-0.39, 0.29) is 24.0 Å². The predicted molar refractivity (Wildman–Crippen MR) is 112 cm³/mol. The summed E-state index contributed by atoms with van der Waals surface area (Å²) in [5.74, 6) is 3.21. The van der Waals surface area contributed by atoms with E-state index in [1.165, 1.54) is 18.4 Å². The highest BCUT2D eigenvalue weighted by Crippen LogP contribution is 2.21. The van der Waals surface area contributed by atoms with Gasteiger partial charge in [-0.3, -0.25) is 4.99 Å². The van der Waals surface area contributed by atoms with Crippen molar-refractivity contribution >= 4 is 29.9 Å². The maximum Gasteiger partial charge on any atom is 0.214 e. The Labute approximate surface area is 166 Å². The van der Waals surface area contributed by atoms with Crippen molar-refractivity contribution in [3.63, 3.8) is 0 Å². The Morgan fingerprint density at radius 3 is 2.60 bits per heavy atom. The molecular weight excluding hydrogens is 427 g/mol. The Balaban J connectivity index is 0.00000225. The molecule has 2 heterocycles. The highest BCUT2D eigenvalue weighted by molar-refractivity contribution is 14.0. The van der Waals surface area contributed by atoms with Crippen LogP contribution in [-0.4, -0.2) is 36.0 Å². The van der Waals surface area contributed by atoms with Crippen molar-refractivity contribution in [3.05, 3.63) is 41.9 Å². The lowest BCUT2D eigenvalue weighted by Crippen LogP contribution is -2.45. The Bertz CT molecular complexity index is 688. The van der Waals surface area contributed by atoms with Gasteiger partial charge in [0, 0.05) is 25.7 Å². The number of nitrogens with one attached hydrogen (secondary N) is 1. The molecule has 0 spiro atoms. The van der Waals surface area contributed by atoms with Crippen molar-refractivity contribution in [2.75, 3.05) is 20.1 Å². The molecule has 136 valence electrons. The van der Waals surface area contributed by atoms with E-state index < -0.39 is 0 Å². The van der Waals surface area contributed by atoms with E-state index in [2.05, 4.69) is 58.3 Å². The van der Waals surface area contributed by atoms with Gasteiger partial charge < -0.3 is 14.6 Å². The number of guanidine groups is 1. The number of hydrogen-bond acceptors (Lipinski definition) is 3. The molecule has 1 fully saturated rings. The van der Waals surface area contributed by atoms with Gasteiger partial charge in [0.25, 0.3) is 0 Å². The minimum absolute atomic E-state index is 0. The molecule has 6 heteroatoms. The summed E-state index contributed by atoms with van der Waals surface area (Å²) in [6.45, 7) is 7.05. The number of rotatable bonds is 3. The second-order valence-electron chi connectivity index (χ2n) is 6.55. The van der Waals surface area contributed by atoms with Crippen molar-refractivity contribution in [3.8, 4) is 11.3 Å². The molecule has 2 aromatic rings. The average molecular weight is 454 g/mol. The third kappa shape index (κ3) is 5.20. The Morgan fingerprint density at radius 2 is 1.96 bits per heavy atom. The SMILES string of the molecule is CN=C(NCc1ncc(-c2ccc(C)cc2)o1)N1CCC(C)CC1.I. The van der Waals surface area contributed by atoms with Crippen molar-refractivity contribution in [1.82, 2.24) is 15.2 Å². The van der Waals surface area contributed by atoms with Crippen molar-refractivity contribution in [2.24, 2.45) is 10.9 Å². The van der Waals surface area contributed by atoms with E-state index in [0.717, 1.165) is 36.3 Å². The second-order valence-corrected chi connectivity index (χ2v) is 6.55. The summed E-state index contributed by atoms with van der Waals surface area (Å²) in [6.07, 6.45) is 4.22. The number of nitrogens with zero attached hydrogens (tertiary/aromatic N) is 3. The van der Waals surface area contributed by atoms with E-state index in [9.17, 15) is 0 Å². The first-order chi connectivity index (χ1) is 11.7. The topological polar surface area (TPSA) is 53.7 Å². The first-order valence-corrected chi connectivity index (χ1v) is 8.63. The van der Waals surface area contributed by atoms with Crippen LogP contribution in [0.1, 0.15) is 31.2 Å². The zero-order valence-corrected chi connectivity index (χ0v) is 17.5. The van der Waals surface area contributed by atoms with Gasteiger partial charge in [0.15, 0.2) is 11.7 Å². The monoisotopic (exact) mass is 454 g/mol. The molecule has 1 aromatic heterocycles. The third-order valence-corrected chi connectivity index (χ3v) is 4.58. The van der Waals surface area contributed by atoms with Gasteiger partial charge in [-0.1, -0.05) is 36.8 Å². The smallest absolute Gasteiger partial charge is 0.214 e. The van der Waals surface area contributed by atoms with Crippen LogP contribution in [0.5, 0.6) is 0 Å². The first-order valence-electron chi connectivity index (χ1n) is 8.63. The zero-order valence-electron chi connectivity index (χ0n) is 15.2. The molecular formula is C19H27IN4O. The summed E-state index contributed by atoms with van der Waals surface area (Å²) in [5, 5.41) is 3.36. The van der Waals surface area contributed by atoms with Crippen LogP contribution in [0.2, 0.25) is 0 Å². The Morgan fingerprint density at radius 1 is 1.28 bits per heavy atom. The van der Waals surface area contributed by atoms with Gasteiger partial charge >= 0.3 is 0 Å². The molecule has 0 radical (unpaired) electrons. The van der Waals surface area contributed by atoms with Gasteiger partial charge in [-0.25, -0.2) is 4.98 Å². The lowest BCUT2D eigenvalue weighted by Gasteiger charge is -2.32. The van der Waals surface area contributed by atoms with Crippen LogP contribution < -0.4 is 5.32 Å². The number of benzene rings is 1. The number of aromatic nitrogens is 1. The molecule has 0 unspecified atom stereocenters. The quantitative estimate of drug-likeness (QED) is 0.432. The number of oxazole rings is 1. The molecule has 1 aliphatic rings. The molecule has 0 aliphatic carbocycles. The van der Waals surface area contributed by atoms with Gasteiger partial charge in [0.05, 0.1) is 12.7 Å². The highest BCUT2D eigenvalue weighted by atomic mass is 127. The molecule has 0 bridgehead atoms. The van der Waals surface area contributed by atoms with Crippen molar-refractivity contribution in [1.29, 1.82) is 0 Å². The van der Waals surface area contributed by atoms with Gasteiger partial charge in [-0.05, 0) is 25.7 Å².